The number of halogens is 1. The second kappa shape index (κ2) is 7.69. The second-order valence-corrected chi connectivity index (χ2v) is 6.40. The van der Waals surface area contributed by atoms with Crippen LogP contribution in [0.4, 0.5) is 5.69 Å². The van der Waals surface area contributed by atoms with Gasteiger partial charge < -0.3 is 10.1 Å². The van der Waals surface area contributed by atoms with Crippen LogP contribution in [0.1, 0.15) is 24.4 Å². The number of nitrogens with one attached hydrogen (secondary N) is 1. The number of carbonyl (C=O) groups is 1. The Morgan fingerprint density at radius 2 is 2.08 bits per heavy atom. The number of carbonyl (C=O) groups excluding carboxylic acids is 1. The van der Waals surface area contributed by atoms with Crippen molar-refractivity contribution in [3.8, 4) is 5.75 Å². The molecule has 0 radical (unpaired) electrons. The first-order valence-electron chi connectivity index (χ1n) is 8.09. The van der Waals surface area contributed by atoms with Gasteiger partial charge in [0.15, 0.2) is 0 Å². The monoisotopic (exact) mass is 344 g/mol. The highest BCUT2D eigenvalue weighted by atomic mass is 35.5. The van der Waals surface area contributed by atoms with Crippen LogP contribution in [0.25, 0.3) is 0 Å². The Hall–Kier alpha value is -2.04. The summed E-state index contributed by atoms with van der Waals surface area (Å²) in [4.78, 5) is 14.6. The van der Waals surface area contributed by atoms with E-state index >= 15 is 0 Å². The minimum Gasteiger partial charge on any atom is -0.497 e. The van der Waals surface area contributed by atoms with Crippen LogP contribution in [0.3, 0.4) is 0 Å². The van der Waals surface area contributed by atoms with Gasteiger partial charge in [0.25, 0.3) is 0 Å². The van der Waals surface area contributed by atoms with E-state index in [0.717, 1.165) is 30.8 Å². The third-order valence-electron chi connectivity index (χ3n) is 4.32. The van der Waals surface area contributed by atoms with Crippen molar-refractivity contribution in [1.29, 1.82) is 0 Å². The number of anilines is 1. The zero-order chi connectivity index (χ0) is 16.9. The van der Waals surface area contributed by atoms with E-state index in [9.17, 15) is 4.79 Å². The predicted molar refractivity (Wildman–Crippen MR) is 96.6 cm³/mol. The van der Waals surface area contributed by atoms with E-state index in [2.05, 4.69) is 22.3 Å². The first-order valence-corrected chi connectivity index (χ1v) is 8.47. The summed E-state index contributed by atoms with van der Waals surface area (Å²) < 4.78 is 5.21. The molecule has 0 saturated carbocycles. The van der Waals surface area contributed by atoms with Gasteiger partial charge >= 0.3 is 0 Å². The number of rotatable bonds is 5. The van der Waals surface area contributed by atoms with E-state index in [4.69, 9.17) is 16.3 Å². The first kappa shape index (κ1) is 16.8. The molecule has 1 saturated heterocycles. The largest absolute Gasteiger partial charge is 0.497 e. The van der Waals surface area contributed by atoms with E-state index in [-0.39, 0.29) is 11.9 Å². The molecule has 0 bridgehead atoms. The van der Waals surface area contributed by atoms with Gasteiger partial charge in [-0.15, -0.1) is 0 Å². The molecule has 0 aliphatic carbocycles. The number of amides is 1. The van der Waals surface area contributed by atoms with E-state index in [1.807, 2.05) is 24.3 Å². The lowest BCUT2D eigenvalue weighted by Crippen LogP contribution is -2.32. The lowest BCUT2D eigenvalue weighted by atomic mass is 10.0. The van der Waals surface area contributed by atoms with Crippen LogP contribution in [0.5, 0.6) is 5.75 Å². The number of benzene rings is 2. The lowest BCUT2D eigenvalue weighted by molar-refractivity contribution is -0.117. The molecule has 1 aliphatic heterocycles. The van der Waals surface area contributed by atoms with Gasteiger partial charge in [-0.25, -0.2) is 0 Å². The van der Waals surface area contributed by atoms with E-state index in [1.54, 1.807) is 19.2 Å². The first-order chi connectivity index (χ1) is 11.7. The molecule has 1 atom stereocenters. The van der Waals surface area contributed by atoms with Crippen molar-refractivity contribution in [2.24, 2.45) is 0 Å². The molecule has 24 heavy (non-hydrogen) atoms. The van der Waals surface area contributed by atoms with Gasteiger partial charge in [-0.1, -0.05) is 29.8 Å². The van der Waals surface area contributed by atoms with Crippen LogP contribution in [0.15, 0.2) is 48.5 Å². The van der Waals surface area contributed by atoms with Gasteiger partial charge in [0.05, 0.1) is 13.7 Å². The van der Waals surface area contributed by atoms with E-state index in [1.165, 1.54) is 5.56 Å². The summed E-state index contributed by atoms with van der Waals surface area (Å²) in [5, 5.41) is 3.53. The van der Waals surface area contributed by atoms with Crippen LogP contribution < -0.4 is 10.1 Å². The van der Waals surface area contributed by atoms with Crippen molar-refractivity contribution in [3.63, 3.8) is 0 Å². The molecule has 0 unspecified atom stereocenters. The summed E-state index contributed by atoms with van der Waals surface area (Å²) in [6.45, 7) is 1.31. The zero-order valence-electron chi connectivity index (χ0n) is 13.7. The number of methoxy groups -OCH3 is 1. The maximum Gasteiger partial charge on any atom is 0.238 e. The van der Waals surface area contributed by atoms with Crippen molar-refractivity contribution in [2.75, 3.05) is 25.5 Å². The summed E-state index contributed by atoms with van der Waals surface area (Å²) in [5.41, 5.74) is 1.96. The van der Waals surface area contributed by atoms with Crippen LogP contribution in [-0.4, -0.2) is 31.0 Å². The second-order valence-electron chi connectivity index (χ2n) is 5.96. The SMILES string of the molecule is COc1ccc([C@@H]2CCCN2CC(=O)Nc2cccc(Cl)c2)cc1. The molecule has 126 valence electrons. The Kier molecular flexibility index (Phi) is 5.38. The average Bonchev–Trinajstić information content (AvgIpc) is 3.03. The van der Waals surface area contributed by atoms with Gasteiger partial charge in [0, 0.05) is 16.8 Å². The molecule has 0 spiro atoms. The van der Waals surface area contributed by atoms with Crippen LogP contribution in [-0.2, 0) is 4.79 Å². The quantitative estimate of drug-likeness (QED) is 0.887. The maximum atomic E-state index is 12.3. The molecule has 4 nitrogen and oxygen atoms in total. The molecular weight excluding hydrogens is 324 g/mol. The van der Waals surface area contributed by atoms with Gasteiger partial charge in [0.1, 0.15) is 5.75 Å². The normalized spacial score (nSPS) is 17.7. The van der Waals surface area contributed by atoms with Gasteiger partial charge in [0.2, 0.25) is 5.91 Å². The molecule has 2 aromatic rings. The molecule has 1 amide bonds. The number of likely N-dealkylation sites (tertiary alicyclic amines) is 1. The Labute approximate surface area is 147 Å². The fraction of sp³-hybridized carbons (Fsp3) is 0.316. The third-order valence-corrected chi connectivity index (χ3v) is 4.55. The topological polar surface area (TPSA) is 41.6 Å². The summed E-state index contributed by atoms with van der Waals surface area (Å²) in [6.07, 6.45) is 2.16. The highest BCUT2D eigenvalue weighted by Crippen LogP contribution is 2.32. The Morgan fingerprint density at radius 3 is 2.79 bits per heavy atom. The van der Waals surface area contributed by atoms with Crippen molar-refractivity contribution >= 4 is 23.2 Å². The van der Waals surface area contributed by atoms with Crippen LogP contribution >= 0.6 is 11.6 Å². The summed E-state index contributed by atoms with van der Waals surface area (Å²) in [7, 11) is 1.66. The molecular formula is C19H21ClN2O2. The molecule has 5 heteroatoms. The molecule has 1 N–H and O–H groups in total. The summed E-state index contributed by atoms with van der Waals surface area (Å²) in [5.74, 6) is 0.833. The predicted octanol–water partition coefficient (Wildman–Crippen LogP) is 4.12. The van der Waals surface area contributed by atoms with Crippen molar-refractivity contribution in [1.82, 2.24) is 4.90 Å². The summed E-state index contributed by atoms with van der Waals surface area (Å²) >= 11 is 5.95. The Balaban J connectivity index is 1.63. The molecule has 1 heterocycles. The maximum absolute atomic E-state index is 12.3. The minimum atomic E-state index is -0.0160. The molecule has 1 fully saturated rings. The van der Waals surface area contributed by atoms with Crippen molar-refractivity contribution in [2.45, 2.75) is 18.9 Å². The van der Waals surface area contributed by atoms with Crippen molar-refractivity contribution in [3.05, 3.63) is 59.1 Å². The average molecular weight is 345 g/mol. The Morgan fingerprint density at radius 1 is 1.29 bits per heavy atom. The van der Waals surface area contributed by atoms with E-state index in [0.29, 0.717) is 11.6 Å². The van der Waals surface area contributed by atoms with Gasteiger partial charge in [-0.3, -0.25) is 9.69 Å². The Bertz CT molecular complexity index is 703. The highest BCUT2D eigenvalue weighted by molar-refractivity contribution is 6.30. The number of hydrogen-bond donors (Lipinski definition) is 1. The highest BCUT2D eigenvalue weighted by Gasteiger charge is 2.27. The molecule has 3 rings (SSSR count). The third kappa shape index (κ3) is 4.08. The number of ether oxygens (including phenoxy) is 1. The van der Waals surface area contributed by atoms with Crippen LogP contribution in [0, 0.1) is 0 Å². The van der Waals surface area contributed by atoms with Gasteiger partial charge in [-0.2, -0.15) is 0 Å². The number of nitrogens with zero attached hydrogens (tertiary/aromatic N) is 1. The lowest BCUT2D eigenvalue weighted by Gasteiger charge is -2.24. The van der Waals surface area contributed by atoms with Gasteiger partial charge in [-0.05, 0) is 55.3 Å². The smallest absolute Gasteiger partial charge is 0.238 e. The van der Waals surface area contributed by atoms with Crippen LogP contribution in [0.2, 0.25) is 5.02 Å². The minimum absolute atomic E-state index is 0.0160. The van der Waals surface area contributed by atoms with Crippen molar-refractivity contribution < 1.29 is 9.53 Å². The summed E-state index contributed by atoms with van der Waals surface area (Å²) in [6, 6.07) is 15.6. The number of hydrogen-bond acceptors (Lipinski definition) is 3. The molecule has 2 aromatic carbocycles. The molecule has 1 aliphatic rings. The zero-order valence-corrected chi connectivity index (χ0v) is 14.4. The standard InChI is InChI=1S/C19H21ClN2O2/c1-24-17-9-7-14(8-10-17)18-6-3-11-22(18)13-19(23)21-16-5-2-4-15(20)12-16/h2,4-5,7-10,12,18H,3,6,11,13H2,1H3,(H,21,23)/t18-/m0/s1. The van der Waals surface area contributed by atoms with E-state index < -0.39 is 0 Å². The fourth-order valence-electron chi connectivity index (χ4n) is 3.17. The fourth-order valence-corrected chi connectivity index (χ4v) is 3.36. The molecule has 0 aromatic heterocycles.